The zero-order valence-corrected chi connectivity index (χ0v) is 17.0. The number of rotatable bonds is 6. The number of thiophene rings is 1. The van der Waals surface area contributed by atoms with Crippen molar-refractivity contribution in [2.75, 3.05) is 18.4 Å². The van der Waals surface area contributed by atoms with E-state index >= 15 is 0 Å². The third-order valence-electron chi connectivity index (χ3n) is 4.13. The van der Waals surface area contributed by atoms with E-state index in [0.717, 1.165) is 17.4 Å². The van der Waals surface area contributed by atoms with Crippen molar-refractivity contribution >= 4 is 45.4 Å². The first-order valence-electron chi connectivity index (χ1n) is 8.33. The molecule has 0 unspecified atom stereocenters. The summed E-state index contributed by atoms with van der Waals surface area (Å²) in [6, 6.07) is 5.62. The van der Waals surface area contributed by atoms with Crippen molar-refractivity contribution in [1.82, 2.24) is 4.90 Å². The maximum atomic E-state index is 12.7. The highest BCUT2D eigenvalue weighted by molar-refractivity contribution is 7.18. The summed E-state index contributed by atoms with van der Waals surface area (Å²) in [5, 5.41) is 23.5. The molecule has 1 N–H and O–H groups in total. The number of benzene rings is 1. The summed E-state index contributed by atoms with van der Waals surface area (Å²) >= 11 is 6.83. The number of anilines is 1. The number of nitro groups is 1. The van der Waals surface area contributed by atoms with Gasteiger partial charge >= 0.3 is 0 Å². The van der Waals surface area contributed by atoms with Crippen LogP contribution in [-0.2, 0) is 0 Å². The second-order valence-corrected chi connectivity index (χ2v) is 7.18. The maximum Gasteiger partial charge on any atom is 0.282 e. The molecule has 1 aromatic carbocycles. The Morgan fingerprint density at radius 1 is 1.36 bits per heavy atom. The Labute approximate surface area is 170 Å². The lowest BCUT2D eigenvalue weighted by atomic mass is 10.1. The van der Waals surface area contributed by atoms with Crippen LogP contribution in [0.5, 0.6) is 0 Å². The van der Waals surface area contributed by atoms with E-state index < -0.39 is 16.5 Å². The van der Waals surface area contributed by atoms with Crippen LogP contribution in [0, 0.1) is 28.4 Å². The monoisotopic (exact) mass is 420 g/mol. The molecule has 146 valence electrons. The quantitative estimate of drug-likeness (QED) is 0.554. The summed E-state index contributed by atoms with van der Waals surface area (Å²) < 4.78 is 0. The smallest absolute Gasteiger partial charge is 0.282 e. The van der Waals surface area contributed by atoms with Crippen molar-refractivity contribution < 1.29 is 14.5 Å². The number of nitriles is 1. The first-order chi connectivity index (χ1) is 13.2. The zero-order valence-electron chi connectivity index (χ0n) is 15.4. The Balaban J connectivity index is 2.45. The largest absolute Gasteiger partial charge is 0.338 e. The fourth-order valence-corrected chi connectivity index (χ4v) is 3.91. The van der Waals surface area contributed by atoms with Crippen LogP contribution in [0.4, 0.5) is 10.7 Å². The maximum absolute atomic E-state index is 12.7. The van der Waals surface area contributed by atoms with Gasteiger partial charge in [-0.15, -0.1) is 11.3 Å². The van der Waals surface area contributed by atoms with Gasteiger partial charge in [-0.1, -0.05) is 11.6 Å². The van der Waals surface area contributed by atoms with Crippen molar-refractivity contribution in [3.63, 3.8) is 0 Å². The molecular formula is C18H17ClN4O4S. The fraction of sp³-hybridized carbons (Fsp3) is 0.278. The van der Waals surface area contributed by atoms with E-state index in [0.29, 0.717) is 23.5 Å². The van der Waals surface area contributed by atoms with Crippen LogP contribution in [0.3, 0.4) is 0 Å². The van der Waals surface area contributed by atoms with Gasteiger partial charge in [0.05, 0.1) is 15.4 Å². The Morgan fingerprint density at radius 3 is 2.54 bits per heavy atom. The number of carbonyl (C=O) groups excluding carboxylic acids is 2. The average Bonchev–Trinajstić information content (AvgIpc) is 2.97. The summed E-state index contributed by atoms with van der Waals surface area (Å²) in [5.41, 5.74) is -0.0315. The van der Waals surface area contributed by atoms with Crippen molar-refractivity contribution in [3.8, 4) is 6.07 Å². The highest BCUT2D eigenvalue weighted by Crippen LogP contribution is 2.34. The molecule has 0 aliphatic rings. The van der Waals surface area contributed by atoms with Gasteiger partial charge in [-0.3, -0.25) is 19.7 Å². The molecule has 1 aromatic heterocycles. The van der Waals surface area contributed by atoms with Gasteiger partial charge in [-0.2, -0.15) is 5.26 Å². The van der Waals surface area contributed by atoms with Crippen molar-refractivity contribution in [2.24, 2.45) is 0 Å². The number of nitro benzene ring substituents is 1. The SMILES string of the molecule is CCN(CC)C(=O)c1sc(NC(=O)c2cc(Cl)ccc2[N+](=O)[O-])c(C#N)c1C. The minimum absolute atomic E-state index is 0.151. The van der Waals surface area contributed by atoms with Gasteiger partial charge < -0.3 is 10.2 Å². The van der Waals surface area contributed by atoms with E-state index in [9.17, 15) is 25.0 Å². The lowest BCUT2D eigenvalue weighted by Crippen LogP contribution is -2.30. The van der Waals surface area contributed by atoms with Gasteiger partial charge in [0.25, 0.3) is 17.5 Å². The van der Waals surface area contributed by atoms with E-state index in [1.165, 1.54) is 12.1 Å². The minimum Gasteiger partial charge on any atom is -0.338 e. The van der Waals surface area contributed by atoms with Crippen LogP contribution in [0.1, 0.15) is 45.0 Å². The van der Waals surface area contributed by atoms with E-state index in [-0.39, 0.29) is 27.1 Å². The third kappa shape index (κ3) is 4.13. The summed E-state index contributed by atoms with van der Waals surface area (Å²) in [6.07, 6.45) is 0. The molecule has 0 aliphatic heterocycles. The lowest BCUT2D eigenvalue weighted by Gasteiger charge is -2.17. The summed E-state index contributed by atoms with van der Waals surface area (Å²) in [6.45, 7) is 6.33. The summed E-state index contributed by atoms with van der Waals surface area (Å²) in [5.74, 6) is -1.02. The standard InChI is InChI=1S/C18H17ClN4O4S/c1-4-22(5-2)18(25)15-10(3)13(9-20)17(28-15)21-16(24)12-8-11(19)6-7-14(12)23(26)27/h6-8H,4-5H2,1-3H3,(H,21,24). The van der Waals surface area contributed by atoms with Crippen LogP contribution >= 0.6 is 22.9 Å². The normalized spacial score (nSPS) is 10.2. The lowest BCUT2D eigenvalue weighted by molar-refractivity contribution is -0.385. The Hall–Kier alpha value is -2.96. The highest BCUT2D eigenvalue weighted by atomic mass is 35.5. The Morgan fingerprint density at radius 2 is 2.00 bits per heavy atom. The molecule has 2 amide bonds. The molecular weight excluding hydrogens is 404 g/mol. The van der Waals surface area contributed by atoms with Crippen LogP contribution < -0.4 is 5.32 Å². The molecule has 2 rings (SSSR count). The topological polar surface area (TPSA) is 116 Å². The molecule has 0 aliphatic carbocycles. The third-order valence-corrected chi connectivity index (χ3v) is 5.56. The summed E-state index contributed by atoms with van der Waals surface area (Å²) in [4.78, 5) is 37.7. The predicted octanol–water partition coefficient (Wildman–Crippen LogP) is 4.22. The first-order valence-corrected chi connectivity index (χ1v) is 9.52. The van der Waals surface area contributed by atoms with Gasteiger partial charge in [-0.05, 0) is 38.5 Å². The second-order valence-electron chi connectivity index (χ2n) is 5.72. The van der Waals surface area contributed by atoms with Gasteiger partial charge in [0.15, 0.2) is 0 Å². The summed E-state index contributed by atoms with van der Waals surface area (Å²) in [7, 11) is 0. The zero-order chi connectivity index (χ0) is 21.0. The van der Waals surface area contributed by atoms with Crippen LogP contribution in [-0.4, -0.2) is 34.7 Å². The molecule has 1 heterocycles. The molecule has 0 saturated heterocycles. The van der Waals surface area contributed by atoms with Gasteiger partial charge in [0.2, 0.25) is 0 Å². The highest BCUT2D eigenvalue weighted by Gasteiger charge is 2.26. The second kappa shape index (κ2) is 8.82. The molecule has 0 bridgehead atoms. The van der Waals surface area contributed by atoms with Crippen LogP contribution in [0.2, 0.25) is 5.02 Å². The number of nitrogens with one attached hydrogen (secondary N) is 1. The van der Waals surface area contributed by atoms with E-state index in [2.05, 4.69) is 5.32 Å². The Kier molecular flexibility index (Phi) is 6.72. The number of hydrogen-bond acceptors (Lipinski definition) is 6. The first kappa shape index (κ1) is 21.3. The van der Waals surface area contributed by atoms with Gasteiger partial charge in [-0.25, -0.2) is 0 Å². The average molecular weight is 421 g/mol. The van der Waals surface area contributed by atoms with E-state index in [4.69, 9.17) is 11.6 Å². The molecule has 10 heteroatoms. The van der Waals surface area contributed by atoms with Crippen molar-refractivity contribution in [1.29, 1.82) is 5.26 Å². The van der Waals surface area contributed by atoms with Gasteiger partial charge in [0, 0.05) is 24.2 Å². The van der Waals surface area contributed by atoms with Gasteiger partial charge in [0.1, 0.15) is 16.6 Å². The number of amides is 2. The number of nitrogens with zero attached hydrogens (tertiary/aromatic N) is 3. The van der Waals surface area contributed by atoms with Crippen molar-refractivity contribution in [2.45, 2.75) is 20.8 Å². The van der Waals surface area contributed by atoms with Crippen LogP contribution in [0.15, 0.2) is 18.2 Å². The van der Waals surface area contributed by atoms with Crippen molar-refractivity contribution in [3.05, 3.63) is 54.9 Å². The molecule has 0 fully saturated rings. The molecule has 0 atom stereocenters. The number of hydrogen-bond donors (Lipinski definition) is 1. The number of halogens is 1. The molecule has 28 heavy (non-hydrogen) atoms. The van der Waals surface area contributed by atoms with E-state index in [1.54, 1.807) is 11.8 Å². The molecule has 8 nitrogen and oxygen atoms in total. The minimum atomic E-state index is -0.784. The Bertz CT molecular complexity index is 992. The fourth-order valence-electron chi connectivity index (χ4n) is 2.61. The molecule has 0 spiro atoms. The number of carbonyl (C=O) groups is 2. The molecule has 0 radical (unpaired) electrons. The molecule has 2 aromatic rings. The molecule has 0 saturated carbocycles. The predicted molar refractivity (Wildman–Crippen MR) is 107 cm³/mol. The van der Waals surface area contributed by atoms with Crippen LogP contribution in [0.25, 0.3) is 0 Å². The van der Waals surface area contributed by atoms with E-state index in [1.807, 2.05) is 19.9 Å².